The number of hydrogen-bond donors (Lipinski definition) is 1. The van der Waals surface area contributed by atoms with E-state index in [2.05, 4.69) is 26.2 Å². The standard InChI is InChI=1S/C14H11BrCl2N2O2/c1-2-21-13-10(15)5-8(16)6-12(13)19-14(20)9-3-4-18-7-11(9)17/h3-7H,2H2,1H3,(H,19,20). The first-order valence-corrected chi connectivity index (χ1v) is 7.60. The number of benzene rings is 1. The summed E-state index contributed by atoms with van der Waals surface area (Å²) in [5.74, 6) is 0.151. The normalized spacial score (nSPS) is 10.3. The number of amides is 1. The van der Waals surface area contributed by atoms with Crippen LogP contribution >= 0.6 is 39.1 Å². The Hall–Kier alpha value is -1.30. The molecule has 0 bridgehead atoms. The molecule has 0 fully saturated rings. The zero-order chi connectivity index (χ0) is 15.4. The highest BCUT2D eigenvalue weighted by atomic mass is 79.9. The number of nitrogens with one attached hydrogen (secondary N) is 1. The van der Waals surface area contributed by atoms with Crippen LogP contribution in [0.4, 0.5) is 5.69 Å². The summed E-state index contributed by atoms with van der Waals surface area (Å²) in [6, 6.07) is 4.85. The van der Waals surface area contributed by atoms with Gasteiger partial charge in [0.1, 0.15) is 0 Å². The molecular formula is C14H11BrCl2N2O2. The fourth-order valence-electron chi connectivity index (χ4n) is 1.69. The predicted octanol–water partition coefficient (Wildman–Crippen LogP) is 4.80. The number of aromatic nitrogens is 1. The topological polar surface area (TPSA) is 51.2 Å². The van der Waals surface area contributed by atoms with Crippen LogP contribution in [0.25, 0.3) is 0 Å². The minimum Gasteiger partial charge on any atom is -0.491 e. The Kier molecular flexibility index (Phi) is 5.45. The minimum absolute atomic E-state index is 0.272. The van der Waals surface area contributed by atoms with E-state index < -0.39 is 0 Å². The lowest BCUT2D eigenvalue weighted by atomic mass is 10.2. The number of rotatable bonds is 4. The van der Waals surface area contributed by atoms with Gasteiger partial charge in [0.05, 0.1) is 27.4 Å². The van der Waals surface area contributed by atoms with Crippen molar-refractivity contribution in [2.24, 2.45) is 0 Å². The molecule has 1 amide bonds. The third-order valence-electron chi connectivity index (χ3n) is 2.56. The fraction of sp³-hybridized carbons (Fsp3) is 0.143. The summed E-state index contributed by atoms with van der Waals surface area (Å²) in [5.41, 5.74) is 0.791. The highest BCUT2D eigenvalue weighted by Gasteiger charge is 2.15. The predicted molar refractivity (Wildman–Crippen MR) is 87.5 cm³/mol. The molecule has 21 heavy (non-hydrogen) atoms. The average Bonchev–Trinajstić information content (AvgIpc) is 2.43. The molecule has 0 atom stereocenters. The Morgan fingerprint density at radius 1 is 1.43 bits per heavy atom. The maximum absolute atomic E-state index is 12.3. The van der Waals surface area contributed by atoms with Crippen molar-refractivity contribution >= 4 is 50.7 Å². The van der Waals surface area contributed by atoms with Gasteiger partial charge in [-0.05, 0) is 41.1 Å². The van der Waals surface area contributed by atoms with Crippen molar-refractivity contribution in [3.63, 3.8) is 0 Å². The molecule has 0 radical (unpaired) electrons. The summed E-state index contributed by atoms with van der Waals surface area (Å²) < 4.78 is 6.18. The zero-order valence-corrected chi connectivity index (χ0v) is 14.1. The molecule has 0 saturated heterocycles. The molecule has 1 N–H and O–H groups in total. The van der Waals surface area contributed by atoms with Crippen LogP contribution in [0.2, 0.25) is 10.0 Å². The van der Waals surface area contributed by atoms with Crippen LogP contribution in [0, 0.1) is 0 Å². The molecule has 0 spiro atoms. The number of carbonyl (C=O) groups is 1. The van der Waals surface area contributed by atoms with E-state index in [0.29, 0.717) is 33.1 Å². The summed E-state index contributed by atoms with van der Waals surface area (Å²) >= 11 is 15.3. The van der Waals surface area contributed by atoms with Crippen LogP contribution in [0.3, 0.4) is 0 Å². The highest BCUT2D eigenvalue weighted by Crippen LogP contribution is 2.37. The average molecular weight is 390 g/mol. The van der Waals surface area contributed by atoms with E-state index >= 15 is 0 Å². The van der Waals surface area contributed by atoms with Crippen molar-refractivity contribution in [2.75, 3.05) is 11.9 Å². The van der Waals surface area contributed by atoms with E-state index in [0.717, 1.165) is 0 Å². The van der Waals surface area contributed by atoms with Crippen LogP contribution in [-0.4, -0.2) is 17.5 Å². The molecule has 1 aromatic carbocycles. The SMILES string of the molecule is CCOc1c(Br)cc(Cl)cc1NC(=O)c1ccncc1Cl. The summed E-state index contributed by atoms with van der Waals surface area (Å²) in [7, 11) is 0. The van der Waals surface area contributed by atoms with Crippen molar-refractivity contribution in [1.29, 1.82) is 0 Å². The zero-order valence-electron chi connectivity index (χ0n) is 11.0. The van der Waals surface area contributed by atoms with Crippen LogP contribution in [-0.2, 0) is 0 Å². The first kappa shape index (κ1) is 16.1. The molecule has 110 valence electrons. The van der Waals surface area contributed by atoms with Gasteiger partial charge in [-0.1, -0.05) is 23.2 Å². The quantitative estimate of drug-likeness (QED) is 0.816. The molecule has 2 aromatic rings. The van der Waals surface area contributed by atoms with Gasteiger partial charge in [-0.15, -0.1) is 0 Å². The number of hydrogen-bond acceptors (Lipinski definition) is 3. The first-order valence-electron chi connectivity index (χ1n) is 6.05. The number of anilines is 1. The van der Waals surface area contributed by atoms with Gasteiger partial charge in [0.2, 0.25) is 0 Å². The van der Waals surface area contributed by atoms with Crippen LogP contribution in [0.1, 0.15) is 17.3 Å². The molecule has 1 aromatic heterocycles. The number of carbonyl (C=O) groups excluding carboxylic acids is 1. The molecule has 0 aliphatic rings. The maximum Gasteiger partial charge on any atom is 0.257 e. The summed E-state index contributed by atoms with van der Waals surface area (Å²) in [4.78, 5) is 16.1. The molecule has 0 saturated carbocycles. The molecule has 4 nitrogen and oxygen atoms in total. The number of pyridine rings is 1. The van der Waals surface area contributed by atoms with E-state index in [-0.39, 0.29) is 10.9 Å². The second-order valence-electron chi connectivity index (χ2n) is 4.01. The molecule has 0 aliphatic carbocycles. The second kappa shape index (κ2) is 7.11. The van der Waals surface area contributed by atoms with E-state index in [9.17, 15) is 4.79 Å². The van der Waals surface area contributed by atoms with Gasteiger partial charge in [-0.25, -0.2) is 0 Å². The molecule has 7 heteroatoms. The van der Waals surface area contributed by atoms with Gasteiger partial charge in [0.15, 0.2) is 5.75 Å². The van der Waals surface area contributed by atoms with Crippen molar-refractivity contribution in [3.05, 3.63) is 50.7 Å². The van der Waals surface area contributed by atoms with Gasteiger partial charge in [0.25, 0.3) is 5.91 Å². The smallest absolute Gasteiger partial charge is 0.257 e. The molecule has 1 heterocycles. The van der Waals surface area contributed by atoms with Gasteiger partial charge in [0, 0.05) is 17.4 Å². The number of halogens is 3. The molecule has 0 unspecified atom stereocenters. The van der Waals surface area contributed by atoms with Crippen LogP contribution in [0.15, 0.2) is 35.1 Å². The van der Waals surface area contributed by atoms with E-state index in [1.165, 1.54) is 18.5 Å². The second-order valence-corrected chi connectivity index (χ2v) is 5.70. The maximum atomic E-state index is 12.3. The van der Waals surface area contributed by atoms with Crippen molar-refractivity contribution in [2.45, 2.75) is 6.92 Å². The number of ether oxygens (including phenoxy) is 1. The lowest BCUT2D eigenvalue weighted by molar-refractivity contribution is 0.102. The first-order chi connectivity index (χ1) is 10.0. The molecule has 2 rings (SSSR count). The lowest BCUT2D eigenvalue weighted by Gasteiger charge is -2.14. The Labute approximate surface area is 140 Å². The van der Waals surface area contributed by atoms with E-state index in [1.807, 2.05) is 6.92 Å². The van der Waals surface area contributed by atoms with Crippen LogP contribution in [0.5, 0.6) is 5.75 Å². The van der Waals surface area contributed by atoms with Crippen molar-refractivity contribution < 1.29 is 9.53 Å². The third kappa shape index (κ3) is 3.87. The lowest BCUT2D eigenvalue weighted by Crippen LogP contribution is -2.14. The third-order valence-corrected chi connectivity index (χ3v) is 3.67. The Bertz CT molecular complexity index is 680. The van der Waals surface area contributed by atoms with Crippen molar-refractivity contribution in [3.8, 4) is 5.75 Å². The monoisotopic (exact) mass is 388 g/mol. The van der Waals surface area contributed by atoms with Gasteiger partial charge < -0.3 is 10.1 Å². The van der Waals surface area contributed by atoms with Gasteiger partial charge in [-0.3, -0.25) is 9.78 Å². The van der Waals surface area contributed by atoms with Gasteiger partial charge >= 0.3 is 0 Å². The molecule has 0 aliphatic heterocycles. The Balaban J connectivity index is 2.35. The van der Waals surface area contributed by atoms with E-state index in [1.54, 1.807) is 12.1 Å². The van der Waals surface area contributed by atoms with Crippen LogP contribution < -0.4 is 10.1 Å². The van der Waals surface area contributed by atoms with Gasteiger partial charge in [-0.2, -0.15) is 0 Å². The minimum atomic E-state index is -0.363. The fourth-order valence-corrected chi connectivity index (χ4v) is 2.82. The highest BCUT2D eigenvalue weighted by molar-refractivity contribution is 9.10. The van der Waals surface area contributed by atoms with Crippen molar-refractivity contribution in [1.82, 2.24) is 4.98 Å². The number of nitrogens with zero attached hydrogens (tertiary/aromatic N) is 1. The summed E-state index contributed by atoms with van der Waals surface area (Å²) in [6.07, 6.45) is 2.91. The summed E-state index contributed by atoms with van der Waals surface area (Å²) in [6.45, 7) is 2.31. The molecular weight excluding hydrogens is 379 g/mol. The largest absolute Gasteiger partial charge is 0.491 e. The Morgan fingerprint density at radius 3 is 2.86 bits per heavy atom. The Morgan fingerprint density at radius 2 is 2.19 bits per heavy atom. The van der Waals surface area contributed by atoms with E-state index in [4.69, 9.17) is 27.9 Å². The summed E-state index contributed by atoms with van der Waals surface area (Å²) in [5, 5.41) is 3.49.